The van der Waals surface area contributed by atoms with Gasteiger partial charge >= 0.3 is 6.18 Å². The molecule has 0 amide bonds. The Bertz CT molecular complexity index is 416. The molecule has 1 aromatic rings. The van der Waals surface area contributed by atoms with E-state index in [-0.39, 0.29) is 6.04 Å². The van der Waals surface area contributed by atoms with Crippen LogP contribution in [0, 0.1) is 6.92 Å². The van der Waals surface area contributed by atoms with Gasteiger partial charge in [0.2, 0.25) is 0 Å². The molecule has 0 spiro atoms. The molecular weight excluding hydrogens is 253 g/mol. The molecule has 0 bridgehead atoms. The number of benzene rings is 1. The van der Waals surface area contributed by atoms with E-state index in [1.165, 1.54) is 11.9 Å². The Labute approximate surface area is 112 Å². The van der Waals surface area contributed by atoms with Gasteiger partial charge in [-0.1, -0.05) is 13.0 Å². The lowest BCUT2D eigenvalue weighted by Gasteiger charge is -2.22. The summed E-state index contributed by atoms with van der Waals surface area (Å²) in [7, 11) is 1.44. The van der Waals surface area contributed by atoms with Gasteiger partial charge in [-0.3, -0.25) is 0 Å². The number of aryl methyl sites for hydroxylation is 1. The molecule has 1 unspecified atom stereocenters. The van der Waals surface area contributed by atoms with Crippen molar-refractivity contribution in [1.29, 1.82) is 0 Å². The number of hydrogen-bond donors (Lipinski definition) is 1. The number of hydrogen-bond acceptors (Lipinski definition) is 2. The van der Waals surface area contributed by atoms with Crippen molar-refractivity contribution in [3.8, 4) is 0 Å². The number of halogens is 3. The Morgan fingerprint density at radius 3 is 2.42 bits per heavy atom. The summed E-state index contributed by atoms with van der Waals surface area (Å²) >= 11 is 0. The third-order valence-corrected chi connectivity index (χ3v) is 3.19. The van der Waals surface area contributed by atoms with Gasteiger partial charge in [0.05, 0.1) is 0 Å². The van der Waals surface area contributed by atoms with Crippen LogP contribution < -0.4 is 10.6 Å². The zero-order valence-electron chi connectivity index (χ0n) is 11.6. The second-order valence-electron chi connectivity index (χ2n) is 4.95. The van der Waals surface area contributed by atoms with E-state index in [0.717, 1.165) is 24.0 Å². The Morgan fingerprint density at radius 1 is 1.32 bits per heavy atom. The molecule has 2 nitrogen and oxygen atoms in total. The van der Waals surface area contributed by atoms with E-state index < -0.39 is 12.7 Å². The summed E-state index contributed by atoms with van der Waals surface area (Å²) < 4.78 is 37.0. The molecule has 5 heteroatoms. The summed E-state index contributed by atoms with van der Waals surface area (Å²) in [5.74, 6) is 0. The van der Waals surface area contributed by atoms with E-state index in [1.54, 1.807) is 12.1 Å². The van der Waals surface area contributed by atoms with Gasteiger partial charge in [0.1, 0.15) is 6.54 Å². The molecule has 0 saturated heterocycles. The molecule has 0 aromatic heterocycles. The van der Waals surface area contributed by atoms with Crippen LogP contribution in [0.5, 0.6) is 0 Å². The standard InChI is InChI=1S/C14H21F3N2/c1-4-12(18)8-11-5-6-13(7-10(11)2)19(3)9-14(15,16)17/h5-7,12H,4,8-9,18H2,1-3H3. The van der Waals surface area contributed by atoms with Gasteiger partial charge in [-0.2, -0.15) is 13.2 Å². The summed E-state index contributed by atoms with van der Waals surface area (Å²) in [6.45, 7) is 2.98. The third-order valence-electron chi connectivity index (χ3n) is 3.19. The molecule has 0 radical (unpaired) electrons. The molecule has 0 aliphatic heterocycles. The highest BCUT2D eigenvalue weighted by Crippen LogP contribution is 2.23. The first kappa shape index (κ1) is 15.8. The molecule has 19 heavy (non-hydrogen) atoms. The highest BCUT2D eigenvalue weighted by Gasteiger charge is 2.29. The fourth-order valence-corrected chi connectivity index (χ4v) is 1.93. The molecule has 2 N–H and O–H groups in total. The minimum Gasteiger partial charge on any atom is -0.366 e. The molecule has 108 valence electrons. The Kier molecular flexibility index (Phi) is 5.23. The van der Waals surface area contributed by atoms with Gasteiger partial charge in [-0.05, 0) is 43.0 Å². The van der Waals surface area contributed by atoms with Crippen LogP contribution in [-0.2, 0) is 6.42 Å². The van der Waals surface area contributed by atoms with Crippen molar-refractivity contribution in [2.45, 2.75) is 38.9 Å². The maximum atomic E-state index is 12.3. The summed E-state index contributed by atoms with van der Waals surface area (Å²) in [5.41, 5.74) is 8.55. The van der Waals surface area contributed by atoms with Crippen LogP contribution in [0.3, 0.4) is 0 Å². The SMILES string of the molecule is CCC(N)Cc1ccc(N(C)CC(F)(F)F)cc1C. The quantitative estimate of drug-likeness (QED) is 0.893. The predicted molar refractivity (Wildman–Crippen MR) is 72.5 cm³/mol. The highest BCUT2D eigenvalue weighted by atomic mass is 19.4. The van der Waals surface area contributed by atoms with Crippen LogP contribution in [0.4, 0.5) is 18.9 Å². The third kappa shape index (κ3) is 5.11. The molecule has 0 aliphatic carbocycles. The average Bonchev–Trinajstić information content (AvgIpc) is 2.29. The summed E-state index contributed by atoms with van der Waals surface area (Å²) in [5, 5.41) is 0. The molecule has 0 aliphatic rings. The monoisotopic (exact) mass is 274 g/mol. The van der Waals surface area contributed by atoms with E-state index in [0.29, 0.717) is 5.69 Å². The van der Waals surface area contributed by atoms with Crippen molar-refractivity contribution < 1.29 is 13.2 Å². The summed E-state index contributed by atoms with van der Waals surface area (Å²) in [6.07, 6.45) is -2.55. The Balaban J connectivity index is 2.81. The first-order chi connectivity index (χ1) is 8.73. The number of nitrogens with two attached hydrogens (primary N) is 1. The predicted octanol–water partition coefficient (Wildman–Crippen LogP) is 3.27. The van der Waals surface area contributed by atoms with Gasteiger partial charge in [0.15, 0.2) is 0 Å². The number of alkyl halides is 3. The average molecular weight is 274 g/mol. The zero-order valence-corrected chi connectivity index (χ0v) is 11.6. The van der Waals surface area contributed by atoms with E-state index in [2.05, 4.69) is 0 Å². The van der Waals surface area contributed by atoms with Crippen molar-refractivity contribution in [3.63, 3.8) is 0 Å². The van der Waals surface area contributed by atoms with E-state index >= 15 is 0 Å². The lowest BCUT2D eigenvalue weighted by atomic mass is 9.99. The van der Waals surface area contributed by atoms with Gasteiger partial charge < -0.3 is 10.6 Å². The van der Waals surface area contributed by atoms with E-state index in [4.69, 9.17) is 5.73 Å². The van der Waals surface area contributed by atoms with Crippen LogP contribution in [0.25, 0.3) is 0 Å². The topological polar surface area (TPSA) is 29.3 Å². The molecule has 0 fully saturated rings. The number of rotatable bonds is 5. The Morgan fingerprint density at radius 2 is 1.95 bits per heavy atom. The molecule has 1 rings (SSSR count). The summed E-state index contributed by atoms with van der Waals surface area (Å²) in [6, 6.07) is 5.46. The molecule has 0 saturated carbocycles. The molecule has 0 heterocycles. The van der Waals surface area contributed by atoms with Gasteiger partial charge in [-0.15, -0.1) is 0 Å². The van der Waals surface area contributed by atoms with Crippen LogP contribution in [0.15, 0.2) is 18.2 Å². The normalized spacial score (nSPS) is 13.4. The molecule has 1 aromatic carbocycles. The minimum atomic E-state index is -4.19. The summed E-state index contributed by atoms with van der Waals surface area (Å²) in [4.78, 5) is 1.20. The molecular formula is C14H21F3N2. The lowest BCUT2D eigenvalue weighted by molar-refractivity contribution is -0.119. The zero-order chi connectivity index (χ0) is 14.6. The largest absolute Gasteiger partial charge is 0.405 e. The van der Waals surface area contributed by atoms with E-state index in [9.17, 15) is 13.2 Å². The van der Waals surface area contributed by atoms with Crippen molar-refractivity contribution in [2.24, 2.45) is 5.73 Å². The van der Waals surface area contributed by atoms with E-state index in [1.807, 2.05) is 19.9 Å². The van der Waals surface area contributed by atoms with Gasteiger partial charge in [0, 0.05) is 18.8 Å². The molecule has 1 atom stereocenters. The highest BCUT2D eigenvalue weighted by molar-refractivity contribution is 5.50. The smallest absolute Gasteiger partial charge is 0.366 e. The van der Waals surface area contributed by atoms with Crippen molar-refractivity contribution >= 4 is 5.69 Å². The fraction of sp³-hybridized carbons (Fsp3) is 0.571. The Hall–Kier alpha value is -1.23. The van der Waals surface area contributed by atoms with Gasteiger partial charge in [-0.25, -0.2) is 0 Å². The number of nitrogens with zero attached hydrogens (tertiary/aromatic N) is 1. The van der Waals surface area contributed by atoms with Crippen molar-refractivity contribution in [2.75, 3.05) is 18.5 Å². The second kappa shape index (κ2) is 6.28. The minimum absolute atomic E-state index is 0.0949. The van der Waals surface area contributed by atoms with Gasteiger partial charge in [0.25, 0.3) is 0 Å². The second-order valence-corrected chi connectivity index (χ2v) is 4.95. The van der Waals surface area contributed by atoms with Crippen LogP contribution in [0.1, 0.15) is 24.5 Å². The first-order valence-electron chi connectivity index (χ1n) is 6.36. The first-order valence-corrected chi connectivity index (χ1v) is 6.36. The number of anilines is 1. The van der Waals surface area contributed by atoms with Crippen LogP contribution >= 0.6 is 0 Å². The maximum Gasteiger partial charge on any atom is 0.405 e. The fourth-order valence-electron chi connectivity index (χ4n) is 1.93. The van der Waals surface area contributed by atoms with Crippen LogP contribution in [-0.4, -0.2) is 25.8 Å². The van der Waals surface area contributed by atoms with Crippen LogP contribution in [0.2, 0.25) is 0 Å². The van der Waals surface area contributed by atoms with Crippen molar-refractivity contribution in [1.82, 2.24) is 0 Å². The lowest BCUT2D eigenvalue weighted by Crippen LogP contribution is -2.30. The maximum absolute atomic E-state index is 12.3. The van der Waals surface area contributed by atoms with Crippen molar-refractivity contribution in [3.05, 3.63) is 29.3 Å².